The van der Waals surface area contributed by atoms with E-state index in [0.29, 0.717) is 28.3 Å². The van der Waals surface area contributed by atoms with E-state index < -0.39 is 0 Å². The Kier molecular flexibility index (Phi) is 4.89. The highest BCUT2D eigenvalue weighted by Gasteiger charge is 2.10. The number of carbonyl (C=O) groups excluding carboxylic acids is 1. The molecule has 0 aliphatic carbocycles. The fraction of sp³-hybridized carbons (Fsp3) is 0. The molecule has 0 heterocycles. The molecule has 2 N–H and O–H groups in total. The summed E-state index contributed by atoms with van der Waals surface area (Å²) in [5, 5.41) is 0. The molecule has 0 aromatic heterocycles. The lowest BCUT2D eigenvalue weighted by Gasteiger charge is -2.08. The second-order valence-electron chi connectivity index (χ2n) is 6.47. The topological polar surface area (TPSA) is 52.3 Å². The molecule has 136 valence electrons. The Labute approximate surface area is 164 Å². The van der Waals surface area contributed by atoms with Crippen LogP contribution in [0.15, 0.2) is 103 Å². The molecule has 0 bridgehead atoms. The lowest BCUT2D eigenvalue weighted by molar-refractivity contribution is 0.103. The highest BCUT2D eigenvalue weighted by Crippen LogP contribution is 2.25. The molecule has 0 aliphatic heterocycles. The summed E-state index contributed by atoms with van der Waals surface area (Å²) < 4.78 is 5.77. The lowest BCUT2D eigenvalue weighted by Crippen LogP contribution is -2.01. The summed E-state index contributed by atoms with van der Waals surface area (Å²) in [5.41, 5.74) is 9.90. The van der Waals surface area contributed by atoms with Crippen molar-refractivity contribution in [3.63, 3.8) is 0 Å². The molecule has 0 spiro atoms. The molecular weight excluding hydrogens is 346 g/mol. The zero-order valence-electron chi connectivity index (χ0n) is 15.2. The van der Waals surface area contributed by atoms with Crippen molar-refractivity contribution < 1.29 is 9.53 Å². The smallest absolute Gasteiger partial charge is 0.193 e. The quantitative estimate of drug-likeness (QED) is 0.351. The van der Waals surface area contributed by atoms with Crippen molar-refractivity contribution in [3.05, 3.63) is 114 Å². The number of rotatable bonds is 5. The maximum atomic E-state index is 12.8. The predicted octanol–water partition coefficient (Wildman–Crippen LogP) is 5.96. The van der Waals surface area contributed by atoms with Gasteiger partial charge in [-0.1, -0.05) is 60.7 Å². The van der Waals surface area contributed by atoms with Crippen LogP contribution in [0.1, 0.15) is 15.9 Å². The van der Waals surface area contributed by atoms with E-state index in [1.807, 2.05) is 54.6 Å². The molecule has 0 atom stereocenters. The third kappa shape index (κ3) is 3.94. The van der Waals surface area contributed by atoms with Gasteiger partial charge in [-0.15, -0.1) is 0 Å². The highest BCUT2D eigenvalue weighted by molar-refractivity contribution is 6.09. The van der Waals surface area contributed by atoms with E-state index >= 15 is 0 Å². The maximum Gasteiger partial charge on any atom is 0.193 e. The van der Waals surface area contributed by atoms with Gasteiger partial charge in [-0.05, 0) is 47.5 Å². The van der Waals surface area contributed by atoms with Gasteiger partial charge in [0.15, 0.2) is 5.78 Å². The van der Waals surface area contributed by atoms with Crippen molar-refractivity contribution in [2.24, 2.45) is 0 Å². The second-order valence-corrected chi connectivity index (χ2v) is 6.47. The first kappa shape index (κ1) is 17.6. The summed E-state index contributed by atoms with van der Waals surface area (Å²) in [6.45, 7) is 0. The predicted molar refractivity (Wildman–Crippen MR) is 113 cm³/mol. The van der Waals surface area contributed by atoms with Crippen LogP contribution in [-0.4, -0.2) is 5.78 Å². The zero-order chi connectivity index (χ0) is 19.3. The molecule has 0 radical (unpaired) electrons. The van der Waals surface area contributed by atoms with Gasteiger partial charge < -0.3 is 10.5 Å². The Hall–Kier alpha value is -3.85. The maximum absolute atomic E-state index is 12.8. The number of carbonyl (C=O) groups is 1. The van der Waals surface area contributed by atoms with Gasteiger partial charge in [0, 0.05) is 22.9 Å². The summed E-state index contributed by atoms with van der Waals surface area (Å²) in [7, 11) is 0. The van der Waals surface area contributed by atoms with Gasteiger partial charge in [-0.2, -0.15) is 0 Å². The molecule has 3 nitrogen and oxygen atoms in total. The molecular formula is C25H19NO2. The van der Waals surface area contributed by atoms with Crippen LogP contribution in [0.4, 0.5) is 5.69 Å². The van der Waals surface area contributed by atoms with E-state index in [4.69, 9.17) is 10.5 Å². The van der Waals surface area contributed by atoms with E-state index in [1.165, 1.54) is 0 Å². The number of ether oxygens (including phenoxy) is 1. The van der Waals surface area contributed by atoms with Gasteiger partial charge in [0.25, 0.3) is 0 Å². The summed E-state index contributed by atoms with van der Waals surface area (Å²) in [6, 6.07) is 32.1. The average Bonchev–Trinajstić information content (AvgIpc) is 2.75. The van der Waals surface area contributed by atoms with Crippen LogP contribution >= 0.6 is 0 Å². The molecule has 0 saturated heterocycles. The van der Waals surface area contributed by atoms with Crippen LogP contribution in [0.3, 0.4) is 0 Å². The van der Waals surface area contributed by atoms with Gasteiger partial charge in [-0.3, -0.25) is 4.79 Å². The Morgan fingerprint density at radius 2 is 1.21 bits per heavy atom. The number of hydrogen-bond donors (Lipinski definition) is 1. The van der Waals surface area contributed by atoms with Crippen LogP contribution in [0.2, 0.25) is 0 Å². The third-order valence-corrected chi connectivity index (χ3v) is 4.46. The van der Waals surface area contributed by atoms with Crippen LogP contribution in [0.25, 0.3) is 11.1 Å². The van der Waals surface area contributed by atoms with Crippen LogP contribution in [0.5, 0.6) is 11.5 Å². The van der Waals surface area contributed by atoms with Crippen LogP contribution in [0, 0.1) is 0 Å². The number of hydrogen-bond acceptors (Lipinski definition) is 3. The molecule has 4 rings (SSSR count). The van der Waals surface area contributed by atoms with E-state index in [1.54, 1.807) is 36.4 Å². The van der Waals surface area contributed by atoms with Gasteiger partial charge in [-0.25, -0.2) is 0 Å². The van der Waals surface area contributed by atoms with E-state index in [0.717, 1.165) is 11.1 Å². The number of nitrogens with two attached hydrogens (primary N) is 1. The second kappa shape index (κ2) is 7.80. The van der Waals surface area contributed by atoms with E-state index in [9.17, 15) is 4.79 Å². The number of nitrogen functional groups attached to an aromatic ring is 1. The van der Waals surface area contributed by atoms with E-state index in [-0.39, 0.29) is 5.78 Å². The molecule has 4 aromatic carbocycles. The largest absolute Gasteiger partial charge is 0.457 e. The van der Waals surface area contributed by atoms with Crippen molar-refractivity contribution in [1.29, 1.82) is 0 Å². The van der Waals surface area contributed by atoms with Crippen molar-refractivity contribution in [2.75, 3.05) is 5.73 Å². The molecule has 3 heteroatoms. The van der Waals surface area contributed by atoms with Gasteiger partial charge in [0.1, 0.15) is 11.5 Å². The molecule has 0 aliphatic rings. The molecule has 4 aromatic rings. The first-order valence-electron chi connectivity index (χ1n) is 9.03. The van der Waals surface area contributed by atoms with Gasteiger partial charge in [0.2, 0.25) is 0 Å². The summed E-state index contributed by atoms with van der Waals surface area (Å²) >= 11 is 0. The minimum Gasteiger partial charge on any atom is -0.457 e. The zero-order valence-corrected chi connectivity index (χ0v) is 15.2. The first-order valence-corrected chi connectivity index (χ1v) is 9.03. The third-order valence-electron chi connectivity index (χ3n) is 4.46. The Morgan fingerprint density at radius 3 is 1.86 bits per heavy atom. The average molecular weight is 365 g/mol. The minimum absolute atomic E-state index is 0.0184. The molecule has 0 fully saturated rings. The van der Waals surface area contributed by atoms with Crippen molar-refractivity contribution >= 4 is 11.5 Å². The number of benzene rings is 4. The van der Waals surface area contributed by atoms with Crippen LogP contribution in [-0.2, 0) is 0 Å². The molecule has 28 heavy (non-hydrogen) atoms. The van der Waals surface area contributed by atoms with Crippen molar-refractivity contribution in [3.8, 4) is 22.6 Å². The first-order chi connectivity index (χ1) is 13.7. The summed E-state index contributed by atoms with van der Waals surface area (Å²) in [6.07, 6.45) is 0. The van der Waals surface area contributed by atoms with Crippen molar-refractivity contribution in [2.45, 2.75) is 0 Å². The SMILES string of the molecule is Nc1cccc(Oc2ccc(C(=O)c3ccc(-c4ccccc4)cc3)cc2)c1. The normalized spacial score (nSPS) is 10.4. The fourth-order valence-electron chi connectivity index (χ4n) is 3.00. The molecule has 0 amide bonds. The summed E-state index contributed by atoms with van der Waals surface area (Å²) in [5.74, 6) is 1.30. The lowest BCUT2D eigenvalue weighted by atomic mass is 9.99. The van der Waals surface area contributed by atoms with E-state index in [2.05, 4.69) is 12.1 Å². The summed E-state index contributed by atoms with van der Waals surface area (Å²) in [4.78, 5) is 12.8. The minimum atomic E-state index is -0.0184. The van der Waals surface area contributed by atoms with Gasteiger partial charge >= 0.3 is 0 Å². The molecule has 0 unspecified atom stereocenters. The van der Waals surface area contributed by atoms with Crippen molar-refractivity contribution in [1.82, 2.24) is 0 Å². The number of ketones is 1. The Bertz CT molecular complexity index is 1090. The van der Waals surface area contributed by atoms with Crippen LogP contribution < -0.4 is 10.5 Å². The standard InChI is InChI=1S/C25H19NO2/c26-22-7-4-8-24(17-22)28-23-15-13-21(14-16-23)25(27)20-11-9-19(10-12-20)18-5-2-1-3-6-18/h1-17H,26H2. The monoisotopic (exact) mass is 365 g/mol. The van der Waals surface area contributed by atoms with Gasteiger partial charge in [0.05, 0.1) is 0 Å². The Morgan fingerprint density at radius 1 is 0.607 bits per heavy atom. The number of anilines is 1. The fourth-order valence-corrected chi connectivity index (χ4v) is 3.00. The molecule has 0 saturated carbocycles. The Balaban J connectivity index is 1.49. The highest BCUT2D eigenvalue weighted by atomic mass is 16.5.